The Labute approximate surface area is 131 Å². The number of aromatic nitrogens is 2. The van der Waals surface area contributed by atoms with Crippen LogP contribution >= 0.6 is 15.9 Å². The van der Waals surface area contributed by atoms with E-state index in [4.69, 9.17) is 0 Å². The Kier molecular flexibility index (Phi) is 4.34. The number of hydrogen-bond donors (Lipinski definition) is 1. The Morgan fingerprint density at radius 1 is 1.29 bits per heavy atom. The van der Waals surface area contributed by atoms with Crippen LogP contribution in [0.15, 0.2) is 29.0 Å². The van der Waals surface area contributed by atoms with Crippen LogP contribution in [0.3, 0.4) is 0 Å². The standard InChI is InChI=1S/C15H17BrN4O/c16-11-3-4-13-12(9-11)15(19-10-18-13)17-6-5-14(21)20-7-1-2-8-20/h3-4,9-10H,1-2,5-8H2,(H,17,18,19). The number of halogens is 1. The summed E-state index contributed by atoms with van der Waals surface area (Å²) in [7, 11) is 0. The second-order valence-electron chi connectivity index (χ2n) is 5.15. The van der Waals surface area contributed by atoms with Crippen LogP contribution < -0.4 is 5.32 Å². The molecule has 0 unspecified atom stereocenters. The van der Waals surface area contributed by atoms with Crippen molar-refractivity contribution in [3.05, 3.63) is 29.0 Å². The van der Waals surface area contributed by atoms with Crippen molar-refractivity contribution in [1.29, 1.82) is 0 Å². The predicted octanol–water partition coefficient (Wildman–Crippen LogP) is 2.82. The van der Waals surface area contributed by atoms with E-state index in [0.29, 0.717) is 13.0 Å². The average Bonchev–Trinajstić information content (AvgIpc) is 3.02. The number of fused-ring (bicyclic) bond motifs is 1. The molecular weight excluding hydrogens is 332 g/mol. The highest BCUT2D eigenvalue weighted by molar-refractivity contribution is 9.10. The summed E-state index contributed by atoms with van der Waals surface area (Å²) < 4.78 is 0.987. The molecule has 1 aromatic heterocycles. The fourth-order valence-corrected chi connectivity index (χ4v) is 2.94. The normalized spacial score (nSPS) is 14.6. The first-order valence-electron chi connectivity index (χ1n) is 7.16. The fourth-order valence-electron chi connectivity index (χ4n) is 2.58. The highest BCUT2D eigenvalue weighted by atomic mass is 79.9. The molecular formula is C15H17BrN4O. The highest BCUT2D eigenvalue weighted by Crippen LogP contribution is 2.23. The minimum atomic E-state index is 0.222. The van der Waals surface area contributed by atoms with Crippen LogP contribution in [0.25, 0.3) is 10.9 Å². The zero-order valence-corrected chi connectivity index (χ0v) is 13.3. The molecule has 2 heterocycles. The molecule has 0 saturated carbocycles. The summed E-state index contributed by atoms with van der Waals surface area (Å²) in [6.45, 7) is 2.40. The van der Waals surface area contributed by atoms with E-state index in [1.54, 1.807) is 6.33 Å². The van der Waals surface area contributed by atoms with Gasteiger partial charge in [-0.3, -0.25) is 4.79 Å². The lowest BCUT2D eigenvalue weighted by Crippen LogP contribution is -2.29. The van der Waals surface area contributed by atoms with Crippen LogP contribution in [-0.2, 0) is 4.79 Å². The van der Waals surface area contributed by atoms with Gasteiger partial charge in [-0.1, -0.05) is 15.9 Å². The zero-order chi connectivity index (χ0) is 14.7. The lowest BCUT2D eigenvalue weighted by Gasteiger charge is -2.15. The number of nitrogens with one attached hydrogen (secondary N) is 1. The van der Waals surface area contributed by atoms with Gasteiger partial charge in [-0.25, -0.2) is 9.97 Å². The van der Waals surface area contributed by atoms with Crippen molar-refractivity contribution < 1.29 is 4.79 Å². The van der Waals surface area contributed by atoms with Gasteiger partial charge in [-0.15, -0.1) is 0 Å². The number of nitrogens with zero attached hydrogens (tertiary/aromatic N) is 3. The molecule has 1 saturated heterocycles. The lowest BCUT2D eigenvalue weighted by molar-refractivity contribution is -0.129. The maximum absolute atomic E-state index is 12.0. The molecule has 0 spiro atoms. The first-order chi connectivity index (χ1) is 10.2. The number of benzene rings is 1. The Morgan fingerprint density at radius 2 is 2.10 bits per heavy atom. The van der Waals surface area contributed by atoms with Crippen LogP contribution in [-0.4, -0.2) is 40.4 Å². The van der Waals surface area contributed by atoms with E-state index in [1.165, 1.54) is 0 Å². The minimum absolute atomic E-state index is 0.222. The van der Waals surface area contributed by atoms with E-state index in [9.17, 15) is 4.79 Å². The van der Waals surface area contributed by atoms with Gasteiger partial charge in [0.05, 0.1) is 5.52 Å². The molecule has 6 heteroatoms. The van der Waals surface area contributed by atoms with Crippen molar-refractivity contribution in [1.82, 2.24) is 14.9 Å². The molecule has 1 N–H and O–H groups in total. The topological polar surface area (TPSA) is 58.1 Å². The molecule has 0 bridgehead atoms. The molecule has 110 valence electrons. The SMILES string of the molecule is O=C(CCNc1ncnc2ccc(Br)cc12)N1CCCC1. The van der Waals surface area contributed by atoms with Gasteiger partial charge in [0.25, 0.3) is 0 Å². The van der Waals surface area contributed by atoms with Gasteiger partial charge in [-0.05, 0) is 31.0 Å². The van der Waals surface area contributed by atoms with Gasteiger partial charge in [0.15, 0.2) is 0 Å². The Hall–Kier alpha value is -1.69. The van der Waals surface area contributed by atoms with Crippen LogP contribution in [0.4, 0.5) is 5.82 Å². The highest BCUT2D eigenvalue weighted by Gasteiger charge is 2.17. The minimum Gasteiger partial charge on any atom is -0.369 e. The predicted molar refractivity (Wildman–Crippen MR) is 86.2 cm³/mol. The number of carbonyl (C=O) groups is 1. The maximum Gasteiger partial charge on any atom is 0.224 e. The fraction of sp³-hybridized carbons (Fsp3) is 0.400. The van der Waals surface area contributed by atoms with Crippen LogP contribution in [0.5, 0.6) is 0 Å². The largest absolute Gasteiger partial charge is 0.369 e. The smallest absolute Gasteiger partial charge is 0.224 e. The van der Waals surface area contributed by atoms with Crippen molar-refractivity contribution in [2.45, 2.75) is 19.3 Å². The number of rotatable bonds is 4. The third kappa shape index (κ3) is 3.32. The quantitative estimate of drug-likeness (QED) is 0.922. The molecule has 1 amide bonds. The molecule has 5 nitrogen and oxygen atoms in total. The number of carbonyl (C=O) groups excluding carboxylic acids is 1. The third-order valence-electron chi connectivity index (χ3n) is 3.69. The van der Waals surface area contributed by atoms with Gasteiger partial charge >= 0.3 is 0 Å². The molecule has 0 aliphatic carbocycles. The molecule has 0 atom stereocenters. The summed E-state index contributed by atoms with van der Waals surface area (Å²) >= 11 is 3.46. The van der Waals surface area contributed by atoms with Crippen molar-refractivity contribution >= 4 is 38.6 Å². The monoisotopic (exact) mass is 348 g/mol. The molecule has 1 aliphatic rings. The Bertz CT molecular complexity index is 655. The Morgan fingerprint density at radius 3 is 2.90 bits per heavy atom. The summed E-state index contributed by atoms with van der Waals surface area (Å²) in [6.07, 6.45) is 4.30. The van der Waals surface area contributed by atoms with Gasteiger partial charge in [0.2, 0.25) is 5.91 Å². The van der Waals surface area contributed by atoms with E-state index in [1.807, 2.05) is 23.1 Å². The van der Waals surface area contributed by atoms with E-state index >= 15 is 0 Å². The van der Waals surface area contributed by atoms with Crippen molar-refractivity contribution in [3.8, 4) is 0 Å². The van der Waals surface area contributed by atoms with E-state index in [-0.39, 0.29) is 5.91 Å². The van der Waals surface area contributed by atoms with E-state index < -0.39 is 0 Å². The molecule has 1 aromatic carbocycles. The summed E-state index contributed by atoms with van der Waals surface area (Å²) in [5, 5.41) is 4.21. The molecule has 2 aromatic rings. The second kappa shape index (κ2) is 6.39. The summed E-state index contributed by atoms with van der Waals surface area (Å²) in [6, 6.07) is 5.89. The second-order valence-corrected chi connectivity index (χ2v) is 6.06. The van der Waals surface area contributed by atoms with Gasteiger partial charge in [0.1, 0.15) is 12.1 Å². The third-order valence-corrected chi connectivity index (χ3v) is 4.18. The number of amides is 1. The van der Waals surface area contributed by atoms with Crippen LogP contribution in [0, 0.1) is 0 Å². The molecule has 1 aliphatic heterocycles. The first-order valence-corrected chi connectivity index (χ1v) is 7.95. The number of likely N-dealkylation sites (tertiary alicyclic amines) is 1. The summed E-state index contributed by atoms with van der Waals surface area (Å²) in [5.74, 6) is 0.995. The first kappa shape index (κ1) is 14.3. The average molecular weight is 349 g/mol. The van der Waals surface area contributed by atoms with E-state index in [0.717, 1.165) is 47.1 Å². The number of anilines is 1. The van der Waals surface area contributed by atoms with E-state index in [2.05, 4.69) is 31.2 Å². The van der Waals surface area contributed by atoms with Crippen molar-refractivity contribution in [2.24, 2.45) is 0 Å². The summed E-state index contributed by atoms with van der Waals surface area (Å²) in [4.78, 5) is 22.5. The molecule has 1 fully saturated rings. The molecule has 3 rings (SSSR count). The summed E-state index contributed by atoms with van der Waals surface area (Å²) in [5.41, 5.74) is 0.890. The van der Waals surface area contributed by atoms with Crippen molar-refractivity contribution in [2.75, 3.05) is 25.0 Å². The van der Waals surface area contributed by atoms with Gasteiger partial charge in [-0.2, -0.15) is 0 Å². The maximum atomic E-state index is 12.0. The molecule has 21 heavy (non-hydrogen) atoms. The van der Waals surface area contributed by atoms with Crippen LogP contribution in [0.1, 0.15) is 19.3 Å². The number of hydrogen-bond acceptors (Lipinski definition) is 4. The van der Waals surface area contributed by atoms with Gasteiger partial charge in [0, 0.05) is 35.9 Å². The van der Waals surface area contributed by atoms with Gasteiger partial charge < -0.3 is 10.2 Å². The molecule has 0 radical (unpaired) electrons. The Balaban J connectivity index is 1.65. The van der Waals surface area contributed by atoms with Crippen molar-refractivity contribution in [3.63, 3.8) is 0 Å². The zero-order valence-electron chi connectivity index (χ0n) is 11.7. The van der Waals surface area contributed by atoms with Crippen LogP contribution in [0.2, 0.25) is 0 Å². The lowest BCUT2D eigenvalue weighted by atomic mass is 10.2.